The van der Waals surface area contributed by atoms with Gasteiger partial charge in [-0.05, 0) is 43.3 Å². The number of hydrogen-bond acceptors (Lipinski definition) is 2. The van der Waals surface area contributed by atoms with E-state index in [1.807, 2.05) is 0 Å². The molecule has 4 nitrogen and oxygen atoms in total. The van der Waals surface area contributed by atoms with Gasteiger partial charge in [0.05, 0.1) is 5.56 Å². The maximum absolute atomic E-state index is 13.5. The first-order chi connectivity index (χ1) is 9.56. The number of rotatable bonds is 2. The summed E-state index contributed by atoms with van der Waals surface area (Å²) in [6.45, 7) is 0. The number of nitrogens with one attached hydrogen (secondary N) is 3. The molecular formula is C13H15ClFN3OS. The van der Waals surface area contributed by atoms with Gasteiger partial charge in [-0.25, -0.2) is 4.39 Å². The number of benzene rings is 1. The highest BCUT2D eigenvalue weighted by atomic mass is 35.5. The van der Waals surface area contributed by atoms with E-state index in [2.05, 4.69) is 16.2 Å². The van der Waals surface area contributed by atoms with E-state index < -0.39 is 11.7 Å². The second-order valence-electron chi connectivity index (χ2n) is 4.66. The van der Waals surface area contributed by atoms with Gasteiger partial charge in [-0.1, -0.05) is 24.4 Å². The van der Waals surface area contributed by atoms with Gasteiger partial charge in [0.2, 0.25) is 0 Å². The van der Waals surface area contributed by atoms with Crippen molar-refractivity contribution in [2.75, 3.05) is 0 Å². The molecule has 108 valence electrons. The number of halogens is 2. The van der Waals surface area contributed by atoms with Gasteiger partial charge in [0, 0.05) is 11.1 Å². The van der Waals surface area contributed by atoms with Crippen LogP contribution in [-0.2, 0) is 0 Å². The average molecular weight is 316 g/mol. The molecule has 7 heteroatoms. The summed E-state index contributed by atoms with van der Waals surface area (Å²) in [5, 5.41) is 3.67. The fraction of sp³-hybridized carbons (Fsp3) is 0.385. The molecule has 1 aliphatic rings. The highest BCUT2D eigenvalue weighted by molar-refractivity contribution is 7.80. The van der Waals surface area contributed by atoms with Gasteiger partial charge in [0.15, 0.2) is 5.11 Å². The Kier molecular flexibility index (Phi) is 5.14. The van der Waals surface area contributed by atoms with Gasteiger partial charge in [-0.2, -0.15) is 0 Å². The van der Waals surface area contributed by atoms with Crippen LogP contribution in [0.1, 0.15) is 36.0 Å². The second-order valence-corrected chi connectivity index (χ2v) is 5.50. The van der Waals surface area contributed by atoms with Gasteiger partial charge in [-0.3, -0.25) is 15.6 Å². The molecule has 1 fully saturated rings. The summed E-state index contributed by atoms with van der Waals surface area (Å²) in [6, 6.07) is 4.21. The molecule has 0 aliphatic heterocycles. The van der Waals surface area contributed by atoms with E-state index in [1.165, 1.54) is 25.0 Å². The van der Waals surface area contributed by atoms with Crippen molar-refractivity contribution < 1.29 is 9.18 Å². The summed E-state index contributed by atoms with van der Waals surface area (Å²) >= 11 is 10.7. The van der Waals surface area contributed by atoms with E-state index in [9.17, 15) is 9.18 Å². The van der Waals surface area contributed by atoms with Crippen LogP contribution in [0.15, 0.2) is 18.2 Å². The molecular weight excluding hydrogens is 301 g/mol. The maximum atomic E-state index is 13.5. The molecule has 1 amide bonds. The van der Waals surface area contributed by atoms with Crippen molar-refractivity contribution in [3.63, 3.8) is 0 Å². The van der Waals surface area contributed by atoms with Gasteiger partial charge < -0.3 is 5.32 Å². The first-order valence-electron chi connectivity index (χ1n) is 6.38. The van der Waals surface area contributed by atoms with Crippen molar-refractivity contribution in [1.29, 1.82) is 0 Å². The van der Waals surface area contributed by atoms with E-state index in [1.54, 1.807) is 0 Å². The van der Waals surface area contributed by atoms with Crippen LogP contribution in [-0.4, -0.2) is 17.1 Å². The molecule has 0 bridgehead atoms. The zero-order chi connectivity index (χ0) is 14.5. The third kappa shape index (κ3) is 4.05. The Labute approximate surface area is 127 Å². The van der Waals surface area contributed by atoms with Crippen molar-refractivity contribution in [2.45, 2.75) is 31.7 Å². The summed E-state index contributed by atoms with van der Waals surface area (Å²) in [4.78, 5) is 11.8. The fourth-order valence-electron chi connectivity index (χ4n) is 2.15. The largest absolute Gasteiger partial charge is 0.359 e. The lowest BCUT2D eigenvalue weighted by atomic mass is 10.2. The van der Waals surface area contributed by atoms with Crippen LogP contribution in [0.3, 0.4) is 0 Å². The monoisotopic (exact) mass is 315 g/mol. The highest BCUT2D eigenvalue weighted by Crippen LogP contribution is 2.17. The van der Waals surface area contributed by atoms with Crippen LogP contribution in [0.5, 0.6) is 0 Å². The first-order valence-corrected chi connectivity index (χ1v) is 7.17. The minimum absolute atomic E-state index is 0.0921. The summed E-state index contributed by atoms with van der Waals surface area (Å²) in [5.41, 5.74) is 4.84. The zero-order valence-electron chi connectivity index (χ0n) is 10.7. The van der Waals surface area contributed by atoms with Crippen molar-refractivity contribution in [3.8, 4) is 0 Å². The second kappa shape index (κ2) is 6.85. The summed E-state index contributed by atoms with van der Waals surface area (Å²) in [5.74, 6) is -1.28. The van der Waals surface area contributed by atoms with Crippen LogP contribution in [0.25, 0.3) is 0 Å². The standard InChI is InChI=1S/C13H15ClFN3OS/c14-8-5-6-10(11(15)7-8)12(19)17-18-13(20)16-9-3-1-2-4-9/h5-7,9H,1-4H2,(H,17,19)(H2,16,18,20). The molecule has 0 spiro atoms. The maximum Gasteiger partial charge on any atom is 0.272 e. The number of amides is 1. The Morgan fingerprint density at radius 3 is 2.65 bits per heavy atom. The van der Waals surface area contributed by atoms with E-state index in [0.717, 1.165) is 18.9 Å². The predicted molar refractivity (Wildman–Crippen MR) is 80.0 cm³/mol. The normalized spacial score (nSPS) is 14.9. The Morgan fingerprint density at radius 1 is 1.30 bits per heavy atom. The zero-order valence-corrected chi connectivity index (χ0v) is 12.3. The van der Waals surface area contributed by atoms with Gasteiger partial charge in [-0.15, -0.1) is 0 Å². The number of carbonyl (C=O) groups is 1. The molecule has 0 atom stereocenters. The molecule has 0 aromatic heterocycles. The minimum Gasteiger partial charge on any atom is -0.359 e. The minimum atomic E-state index is -0.675. The molecule has 1 saturated carbocycles. The smallest absolute Gasteiger partial charge is 0.272 e. The van der Waals surface area contributed by atoms with Crippen molar-refractivity contribution >= 4 is 34.8 Å². The first kappa shape index (κ1) is 15.0. The third-order valence-corrected chi connectivity index (χ3v) is 3.61. The van der Waals surface area contributed by atoms with E-state index >= 15 is 0 Å². The fourth-order valence-corrected chi connectivity index (χ4v) is 2.52. The number of thiocarbonyl (C=S) groups is 1. The molecule has 0 heterocycles. The number of carbonyl (C=O) groups excluding carboxylic acids is 1. The summed E-state index contributed by atoms with van der Waals surface area (Å²) < 4.78 is 13.5. The van der Waals surface area contributed by atoms with Crippen LogP contribution >= 0.6 is 23.8 Å². The number of hydrogen-bond donors (Lipinski definition) is 3. The van der Waals surface area contributed by atoms with Gasteiger partial charge in [0.25, 0.3) is 5.91 Å². The van der Waals surface area contributed by atoms with Crippen LogP contribution in [0.4, 0.5) is 4.39 Å². The summed E-state index contributed by atoms with van der Waals surface area (Å²) in [6.07, 6.45) is 4.51. The molecule has 0 unspecified atom stereocenters. The molecule has 3 N–H and O–H groups in total. The molecule has 2 rings (SSSR count). The lowest BCUT2D eigenvalue weighted by Gasteiger charge is -2.16. The number of hydrazine groups is 1. The average Bonchev–Trinajstić information content (AvgIpc) is 2.89. The molecule has 0 radical (unpaired) electrons. The van der Waals surface area contributed by atoms with Crippen LogP contribution in [0, 0.1) is 5.82 Å². The quantitative estimate of drug-likeness (QED) is 0.580. The Bertz CT molecular complexity index is 520. The topological polar surface area (TPSA) is 53.2 Å². The molecule has 0 saturated heterocycles. The molecule has 1 aromatic rings. The Hall–Kier alpha value is -1.40. The van der Waals surface area contributed by atoms with Gasteiger partial charge >= 0.3 is 0 Å². The highest BCUT2D eigenvalue weighted by Gasteiger charge is 2.16. The van der Waals surface area contributed by atoms with E-state index in [4.69, 9.17) is 23.8 Å². The third-order valence-electron chi connectivity index (χ3n) is 3.16. The van der Waals surface area contributed by atoms with E-state index in [-0.39, 0.29) is 10.6 Å². The van der Waals surface area contributed by atoms with Gasteiger partial charge in [0.1, 0.15) is 5.82 Å². The van der Waals surface area contributed by atoms with Crippen LogP contribution < -0.4 is 16.2 Å². The summed E-state index contributed by atoms with van der Waals surface area (Å²) in [7, 11) is 0. The molecule has 1 aromatic carbocycles. The SMILES string of the molecule is O=C(NNC(=S)NC1CCCC1)c1ccc(Cl)cc1F. The Morgan fingerprint density at radius 2 is 2.00 bits per heavy atom. The van der Waals surface area contributed by atoms with Crippen molar-refractivity contribution in [2.24, 2.45) is 0 Å². The predicted octanol–water partition coefficient (Wildman–Crippen LogP) is 2.53. The van der Waals surface area contributed by atoms with Crippen molar-refractivity contribution in [3.05, 3.63) is 34.6 Å². The lowest BCUT2D eigenvalue weighted by molar-refractivity contribution is 0.0939. The Balaban J connectivity index is 1.83. The van der Waals surface area contributed by atoms with E-state index in [0.29, 0.717) is 11.2 Å². The van der Waals surface area contributed by atoms with Crippen molar-refractivity contribution in [1.82, 2.24) is 16.2 Å². The lowest BCUT2D eigenvalue weighted by Crippen LogP contribution is -2.49. The van der Waals surface area contributed by atoms with Crippen LogP contribution in [0.2, 0.25) is 5.02 Å². The molecule has 20 heavy (non-hydrogen) atoms. The molecule has 1 aliphatic carbocycles.